The van der Waals surface area contributed by atoms with Crippen LogP contribution >= 0.6 is 10.0 Å². The van der Waals surface area contributed by atoms with Gasteiger partial charge in [-0.05, 0) is 23.8 Å². The van der Waals surface area contributed by atoms with Gasteiger partial charge >= 0.3 is 0 Å². The number of para-hydroxylation sites is 1. The Balaban J connectivity index is 2.03. The zero-order chi connectivity index (χ0) is 12.0. The Bertz CT molecular complexity index is 687. The van der Waals surface area contributed by atoms with Crippen LogP contribution in [0.4, 0.5) is 5.69 Å². The normalized spacial score (nSPS) is 26.7. The molecule has 0 saturated heterocycles. The lowest BCUT2D eigenvalue weighted by Crippen LogP contribution is -2.08. The van der Waals surface area contributed by atoms with E-state index in [4.69, 9.17) is 0 Å². The Morgan fingerprint density at radius 2 is 1.67 bits per heavy atom. The fourth-order valence-corrected chi connectivity index (χ4v) is 6.05. The van der Waals surface area contributed by atoms with Gasteiger partial charge in [0.15, 0.2) is 0 Å². The molecule has 2 aromatic carbocycles. The zero-order valence-electron chi connectivity index (χ0n) is 9.91. The van der Waals surface area contributed by atoms with Crippen molar-refractivity contribution in [3.8, 4) is 0 Å². The molecule has 2 heterocycles. The Labute approximate surface area is 108 Å². The van der Waals surface area contributed by atoms with Crippen LogP contribution in [0.1, 0.15) is 5.56 Å². The van der Waals surface area contributed by atoms with Crippen molar-refractivity contribution in [1.29, 1.82) is 0 Å². The maximum absolute atomic E-state index is 4.65. The van der Waals surface area contributed by atoms with E-state index in [-0.39, 0.29) is 0 Å². The number of benzene rings is 2. The van der Waals surface area contributed by atoms with E-state index < -0.39 is 10.0 Å². The van der Waals surface area contributed by atoms with Gasteiger partial charge in [0.25, 0.3) is 0 Å². The van der Waals surface area contributed by atoms with Crippen LogP contribution in [-0.2, 0) is 0 Å². The van der Waals surface area contributed by atoms with Crippen LogP contribution in [-0.4, -0.2) is 11.3 Å². The van der Waals surface area contributed by atoms with E-state index in [1.54, 1.807) is 0 Å². The van der Waals surface area contributed by atoms with Gasteiger partial charge in [0.1, 0.15) is 0 Å². The molecule has 2 aromatic rings. The van der Waals surface area contributed by atoms with Gasteiger partial charge in [0.05, 0.1) is 11.2 Å². The summed E-state index contributed by atoms with van der Waals surface area (Å²) in [6.45, 7) is 0. The molecule has 0 aliphatic carbocycles. The summed E-state index contributed by atoms with van der Waals surface area (Å²) >= 11 is 0. The lowest BCUT2D eigenvalue weighted by molar-refractivity contribution is 1.33. The highest BCUT2D eigenvalue weighted by Gasteiger charge is 2.34. The summed E-state index contributed by atoms with van der Waals surface area (Å²) < 4.78 is 0. The highest BCUT2D eigenvalue weighted by atomic mass is 32.3. The Kier molecular flexibility index (Phi) is 2.03. The summed E-state index contributed by atoms with van der Waals surface area (Å²) in [5.74, 6) is 1.09. The van der Waals surface area contributed by atoms with Crippen molar-refractivity contribution in [2.45, 2.75) is 9.79 Å². The maximum atomic E-state index is 4.65. The molecule has 4 rings (SSSR count). The molecule has 0 fully saturated rings. The summed E-state index contributed by atoms with van der Waals surface area (Å²) in [6, 6.07) is 17.3. The Morgan fingerprint density at radius 1 is 0.889 bits per heavy atom. The fraction of sp³-hybridized carbons (Fsp3) is 0.0625. The second-order valence-electron chi connectivity index (χ2n) is 4.60. The van der Waals surface area contributed by atoms with Crippen molar-refractivity contribution < 1.29 is 0 Å². The molecule has 0 saturated carbocycles. The monoisotopic (exact) mass is 251 g/mol. The first-order chi connectivity index (χ1) is 8.90. The van der Waals surface area contributed by atoms with Gasteiger partial charge in [-0.15, -0.1) is 10.0 Å². The molecule has 1 spiro atoms. The van der Waals surface area contributed by atoms with Gasteiger partial charge < -0.3 is 0 Å². The third kappa shape index (κ3) is 1.21. The van der Waals surface area contributed by atoms with E-state index in [2.05, 4.69) is 71.2 Å². The molecule has 2 heteroatoms. The second kappa shape index (κ2) is 3.59. The predicted octanol–water partition coefficient (Wildman–Crippen LogP) is 4.61. The highest BCUT2D eigenvalue weighted by Crippen LogP contribution is 2.68. The number of hydrogen-bond acceptors (Lipinski definition) is 1. The van der Waals surface area contributed by atoms with Gasteiger partial charge in [-0.25, -0.2) is 4.99 Å². The van der Waals surface area contributed by atoms with Gasteiger partial charge in [-0.1, -0.05) is 42.5 Å². The van der Waals surface area contributed by atoms with Crippen LogP contribution < -0.4 is 0 Å². The molecule has 88 valence electrons. The van der Waals surface area contributed by atoms with Crippen molar-refractivity contribution in [2.24, 2.45) is 4.99 Å². The number of rotatable bonds is 0. The molecular weight excluding hydrogens is 238 g/mol. The minimum atomic E-state index is -1.06. The molecule has 0 amide bonds. The molecule has 0 bridgehead atoms. The smallest absolute Gasteiger partial charge is 0.0763 e. The predicted molar refractivity (Wildman–Crippen MR) is 79.1 cm³/mol. The van der Waals surface area contributed by atoms with E-state index in [1.807, 2.05) is 0 Å². The second-order valence-corrected chi connectivity index (χ2v) is 7.61. The first-order valence-corrected chi connectivity index (χ1v) is 7.96. The molecule has 18 heavy (non-hydrogen) atoms. The van der Waals surface area contributed by atoms with Crippen molar-refractivity contribution >= 4 is 27.3 Å². The summed E-state index contributed by atoms with van der Waals surface area (Å²) in [5.41, 5.74) is 4.71. The minimum Gasteiger partial charge on any atom is -0.250 e. The van der Waals surface area contributed by atoms with Crippen LogP contribution in [0.15, 0.2) is 69.4 Å². The van der Waals surface area contributed by atoms with Crippen LogP contribution in [0.2, 0.25) is 0 Å². The van der Waals surface area contributed by atoms with E-state index in [9.17, 15) is 0 Å². The van der Waals surface area contributed by atoms with Gasteiger partial charge in [-0.2, -0.15) is 0 Å². The average molecular weight is 251 g/mol. The molecule has 0 aromatic heterocycles. The van der Waals surface area contributed by atoms with Crippen molar-refractivity contribution in [3.05, 3.63) is 60.2 Å². The number of aliphatic imine (C=N–C) groups is 1. The number of fused-ring (bicyclic) bond motifs is 4. The summed E-state index contributed by atoms with van der Waals surface area (Å²) in [4.78, 5) is 7.53. The van der Waals surface area contributed by atoms with Gasteiger partial charge in [0.2, 0.25) is 0 Å². The van der Waals surface area contributed by atoms with Crippen LogP contribution in [0.3, 0.4) is 0 Å². The largest absolute Gasteiger partial charge is 0.250 e. The first kappa shape index (κ1) is 10.2. The summed E-state index contributed by atoms with van der Waals surface area (Å²) in [7, 11) is -1.06. The van der Waals surface area contributed by atoms with Gasteiger partial charge in [-0.3, -0.25) is 0 Å². The molecular formula is C16H13NS. The maximum Gasteiger partial charge on any atom is 0.0763 e. The fourth-order valence-electron chi connectivity index (χ4n) is 2.75. The summed E-state index contributed by atoms with van der Waals surface area (Å²) in [6.07, 6.45) is 4.54. The standard InChI is InChI=1S/C16H13NS/c1-3-9-15-13(6-1)7-5-11-18(15)12-17-14-8-2-4-10-16(14)18/h1-10,12H,11H2. The summed E-state index contributed by atoms with van der Waals surface area (Å²) in [5, 5.41) is 0. The molecule has 1 atom stereocenters. The molecule has 0 radical (unpaired) electrons. The van der Waals surface area contributed by atoms with Crippen LogP contribution in [0.25, 0.3) is 6.08 Å². The van der Waals surface area contributed by atoms with Crippen molar-refractivity contribution in [3.63, 3.8) is 0 Å². The SMILES string of the molecule is C1=Cc2ccccc2S2(C=Nc3ccccc32)C1. The van der Waals surface area contributed by atoms with E-state index in [0.717, 1.165) is 11.4 Å². The van der Waals surface area contributed by atoms with Crippen molar-refractivity contribution in [1.82, 2.24) is 0 Å². The molecule has 0 N–H and O–H groups in total. The number of nitrogens with zero attached hydrogens (tertiary/aromatic N) is 1. The minimum absolute atomic E-state index is 1.06. The molecule has 2 aliphatic rings. The Morgan fingerprint density at radius 3 is 2.61 bits per heavy atom. The topological polar surface area (TPSA) is 12.4 Å². The molecule has 1 nitrogen and oxygen atoms in total. The van der Waals surface area contributed by atoms with E-state index >= 15 is 0 Å². The van der Waals surface area contributed by atoms with Crippen LogP contribution in [0.5, 0.6) is 0 Å². The molecule has 1 unspecified atom stereocenters. The average Bonchev–Trinajstić information content (AvgIpc) is 2.80. The van der Waals surface area contributed by atoms with Crippen molar-refractivity contribution in [2.75, 3.05) is 5.75 Å². The van der Waals surface area contributed by atoms with E-state index in [1.165, 1.54) is 15.4 Å². The quantitative estimate of drug-likeness (QED) is 0.648. The van der Waals surface area contributed by atoms with Crippen LogP contribution in [0, 0.1) is 0 Å². The zero-order valence-corrected chi connectivity index (χ0v) is 10.7. The third-order valence-electron chi connectivity index (χ3n) is 3.60. The third-order valence-corrected chi connectivity index (χ3v) is 7.07. The number of hydrogen-bond donors (Lipinski definition) is 0. The lowest BCUT2D eigenvalue weighted by Gasteiger charge is -2.36. The highest BCUT2D eigenvalue weighted by molar-refractivity contribution is 8.44. The van der Waals surface area contributed by atoms with E-state index in [0.29, 0.717) is 0 Å². The lowest BCUT2D eigenvalue weighted by atomic mass is 10.2. The molecule has 2 aliphatic heterocycles. The first-order valence-electron chi connectivity index (χ1n) is 6.10. The van der Waals surface area contributed by atoms with Gasteiger partial charge in [0, 0.05) is 15.5 Å². The Hall–Kier alpha value is -1.80.